The Kier molecular flexibility index (Phi) is 2.92. The van der Waals surface area contributed by atoms with Crippen LogP contribution in [0.25, 0.3) is 33.1 Å². The second-order valence-electron chi connectivity index (χ2n) is 6.62. The molecule has 2 N–H and O–H groups in total. The van der Waals surface area contributed by atoms with Gasteiger partial charge in [-0.05, 0) is 49.8 Å². The lowest BCUT2D eigenvalue weighted by atomic mass is 9.85. The van der Waals surface area contributed by atoms with Crippen LogP contribution < -0.4 is 0 Å². The van der Waals surface area contributed by atoms with Gasteiger partial charge in [-0.15, -0.1) is 0 Å². The molecular weight excluding hydrogens is 312 g/mol. The van der Waals surface area contributed by atoms with E-state index in [4.69, 9.17) is 4.98 Å². The highest BCUT2D eigenvalue weighted by Crippen LogP contribution is 2.38. The Morgan fingerprint density at radius 3 is 2.64 bits per heavy atom. The summed E-state index contributed by atoms with van der Waals surface area (Å²) < 4.78 is 0. The molecule has 0 radical (unpaired) electrons. The van der Waals surface area contributed by atoms with Gasteiger partial charge < -0.3 is 0 Å². The van der Waals surface area contributed by atoms with Gasteiger partial charge in [-0.2, -0.15) is 15.5 Å². The molecule has 0 aliphatic heterocycles. The van der Waals surface area contributed by atoms with Gasteiger partial charge in [-0.25, -0.2) is 4.98 Å². The number of H-pyrrole nitrogens is 2. The Morgan fingerprint density at radius 1 is 1.08 bits per heavy atom. The van der Waals surface area contributed by atoms with Crippen LogP contribution >= 0.6 is 0 Å². The maximum atomic E-state index is 9.51. The van der Waals surface area contributed by atoms with Crippen LogP contribution in [0.4, 0.5) is 0 Å². The van der Waals surface area contributed by atoms with Gasteiger partial charge in [0.05, 0.1) is 34.7 Å². The number of nitrogens with zero attached hydrogens (tertiary/aromatic N) is 4. The molecule has 1 aliphatic carbocycles. The summed E-state index contributed by atoms with van der Waals surface area (Å²) in [6, 6.07) is 4.14. The van der Waals surface area contributed by atoms with Crippen LogP contribution in [0.2, 0.25) is 0 Å². The van der Waals surface area contributed by atoms with Crippen LogP contribution in [-0.2, 0) is 12.8 Å². The van der Waals surface area contributed by atoms with Crippen LogP contribution in [0, 0.1) is 18.3 Å². The predicted molar refractivity (Wildman–Crippen MR) is 95.1 cm³/mol. The van der Waals surface area contributed by atoms with Crippen LogP contribution in [0.5, 0.6) is 0 Å². The zero-order valence-electron chi connectivity index (χ0n) is 13.8. The van der Waals surface area contributed by atoms with Crippen molar-refractivity contribution in [2.24, 2.45) is 0 Å². The zero-order chi connectivity index (χ0) is 17.0. The van der Waals surface area contributed by atoms with Gasteiger partial charge in [-0.1, -0.05) is 0 Å². The van der Waals surface area contributed by atoms with Crippen molar-refractivity contribution in [3.63, 3.8) is 0 Å². The van der Waals surface area contributed by atoms with Gasteiger partial charge in [0.15, 0.2) is 0 Å². The Labute approximate surface area is 143 Å². The number of pyridine rings is 1. The van der Waals surface area contributed by atoms with E-state index in [0.29, 0.717) is 5.56 Å². The Morgan fingerprint density at radius 2 is 1.88 bits per heavy atom. The first-order chi connectivity index (χ1) is 12.3. The maximum Gasteiger partial charge on any atom is 0.101 e. The first-order valence-electron chi connectivity index (χ1n) is 8.50. The SMILES string of the molecule is Cc1[nH]ncc1-c1nc2cc(C#N)c3[nH]ncc3c2c2c1CCCC2. The molecule has 1 aromatic carbocycles. The number of hydrogen-bond donors (Lipinski definition) is 2. The van der Waals surface area contributed by atoms with Crippen molar-refractivity contribution in [2.45, 2.75) is 32.6 Å². The Bertz CT molecular complexity index is 1170. The summed E-state index contributed by atoms with van der Waals surface area (Å²) in [6.07, 6.45) is 8.07. The van der Waals surface area contributed by atoms with Crippen molar-refractivity contribution in [2.75, 3.05) is 0 Å². The first-order valence-corrected chi connectivity index (χ1v) is 8.50. The van der Waals surface area contributed by atoms with Gasteiger partial charge in [0.1, 0.15) is 6.07 Å². The monoisotopic (exact) mass is 328 g/mol. The van der Waals surface area contributed by atoms with Crippen molar-refractivity contribution < 1.29 is 0 Å². The molecule has 5 rings (SSSR count). The van der Waals surface area contributed by atoms with E-state index in [1.165, 1.54) is 24.0 Å². The average Bonchev–Trinajstić information content (AvgIpc) is 3.29. The summed E-state index contributed by atoms with van der Waals surface area (Å²) >= 11 is 0. The molecule has 4 aromatic rings. The van der Waals surface area contributed by atoms with Crippen molar-refractivity contribution in [1.29, 1.82) is 5.26 Å². The minimum absolute atomic E-state index is 0.582. The summed E-state index contributed by atoms with van der Waals surface area (Å²) in [5.74, 6) is 0. The largest absolute Gasteiger partial charge is 0.282 e. The van der Waals surface area contributed by atoms with E-state index in [2.05, 4.69) is 26.5 Å². The van der Waals surface area contributed by atoms with E-state index < -0.39 is 0 Å². The van der Waals surface area contributed by atoms with E-state index in [-0.39, 0.29) is 0 Å². The van der Waals surface area contributed by atoms with Gasteiger partial charge in [0.25, 0.3) is 0 Å². The fourth-order valence-corrected chi connectivity index (χ4v) is 4.04. The summed E-state index contributed by atoms with van der Waals surface area (Å²) in [7, 11) is 0. The van der Waals surface area contributed by atoms with Crippen molar-refractivity contribution in [1.82, 2.24) is 25.4 Å². The smallest absolute Gasteiger partial charge is 0.101 e. The normalized spacial score (nSPS) is 13.9. The van der Waals surface area contributed by atoms with Crippen LogP contribution in [0.1, 0.15) is 35.2 Å². The fraction of sp³-hybridized carbons (Fsp3) is 0.263. The van der Waals surface area contributed by atoms with Crippen LogP contribution in [0.15, 0.2) is 18.5 Å². The van der Waals surface area contributed by atoms with E-state index in [1.807, 2.05) is 25.4 Å². The van der Waals surface area contributed by atoms with Crippen molar-refractivity contribution >= 4 is 21.8 Å². The lowest BCUT2D eigenvalue weighted by Gasteiger charge is -2.21. The third-order valence-corrected chi connectivity index (χ3v) is 5.21. The second kappa shape index (κ2) is 5.15. The van der Waals surface area contributed by atoms with Crippen molar-refractivity contribution in [3.8, 4) is 17.3 Å². The molecular formula is C19H16N6. The maximum absolute atomic E-state index is 9.51. The quantitative estimate of drug-likeness (QED) is 0.558. The molecule has 3 heterocycles. The molecule has 0 spiro atoms. The first kappa shape index (κ1) is 14.2. The fourth-order valence-electron chi connectivity index (χ4n) is 4.04. The molecule has 0 saturated heterocycles. The highest BCUT2D eigenvalue weighted by molar-refractivity contribution is 6.09. The summed E-state index contributed by atoms with van der Waals surface area (Å²) in [6.45, 7) is 2.02. The number of aryl methyl sites for hydroxylation is 2. The lowest BCUT2D eigenvalue weighted by Crippen LogP contribution is -2.08. The molecule has 0 amide bonds. The third kappa shape index (κ3) is 1.92. The lowest BCUT2D eigenvalue weighted by molar-refractivity contribution is 0.689. The Hall–Kier alpha value is -3.20. The number of rotatable bonds is 1. The molecule has 0 saturated carbocycles. The molecule has 0 bridgehead atoms. The molecule has 25 heavy (non-hydrogen) atoms. The summed E-state index contributed by atoms with van der Waals surface area (Å²) in [5.41, 5.74) is 7.98. The Balaban J connectivity index is 1.97. The van der Waals surface area contributed by atoms with Crippen molar-refractivity contribution in [3.05, 3.63) is 40.8 Å². The number of nitriles is 1. The highest BCUT2D eigenvalue weighted by Gasteiger charge is 2.23. The molecule has 1 aliphatic rings. The number of fused-ring (bicyclic) bond motifs is 5. The summed E-state index contributed by atoms with van der Waals surface area (Å²) in [5, 5.41) is 26.0. The second-order valence-corrected chi connectivity index (χ2v) is 6.62. The molecule has 122 valence electrons. The van der Waals surface area contributed by atoms with Crippen LogP contribution in [-0.4, -0.2) is 25.4 Å². The minimum Gasteiger partial charge on any atom is -0.282 e. The minimum atomic E-state index is 0.582. The third-order valence-electron chi connectivity index (χ3n) is 5.21. The summed E-state index contributed by atoms with van der Waals surface area (Å²) in [4.78, 5) is 4.98. The number of aromatic amines is 2. The topological polar surface area (TPSA) is 94.0 Å². The van der Waals surface area contributed by atoms with Crippen LogP contribution in [0.3, 0.4) is 0 Å². The number of aromatic nitrogens is 5. The molecule has 0 unspecified atom stereocenters. The molecule has 6 heteroatoms. The van der Waals surface area contributed by atoms with E-state index in [0.717, 1.165) is 51.6 Å². The molecule has 0 atom stereocenters. The van der Waals surface area contributed by atoms with E-state index in [1.54, 1.807) is 0 Å². The number of nitrogens with one attached hydrogen (secondary N) is 2. The molecule has 3 aromatic heterocycles. The molecule has 6 nitrogen and oxygen atoms in total. The van der Waals surface area contributed by atoms with E-state index >= 15 is 0 Å². The zero-order valence-corrected chi connectivity index (χ0v) is 13.8. The highest BCUT2D eigenvalue weighted by atomic mass is 15.1. The predicted octanol–water partition coefficient (Wildman–Crippen LogP) is 3.56. The van der Waals surface area contributed by atoms with Gasteiger partial charge in [0, 0.05) is 22.0 Å². The number of benzene rings is 1. The van der Waals surface area contributed by atoms with E-state index in [9.17, 15) is 5.26 Å². The van der Waals surface area contributed by atoms with Gasteiger partial charge in [-0.3, -0.25) is 10.2 Å². The standard InChI is InChI=1S/C19H16N6/c1-10-14(8-21-24-10)19-13-5-3-2-4-12(13)17-15-9-22-25-18(15)11(7-20)6-16(17)23-19/h6,8-9H,2-5H2,1H3,(H,21,24)(H,22,25). The van der Waals surface area contributed by atoms with Gasteiger partial charge >= 0.3 is 0 Å². The van der Waals surface area contributed by atoms with Gasteiger partial charge in [0.2, 0.25) is 0 Å². The molecule has 0 fully saturated rings. The number of hydrogen-bond acceptors (Lipinski definition) is 4. The average molecular weight is 328 g/mol.